The van der Waals surface area contributed by atoms with Crippen LogP contribution in [0.25, 0.3) is 98.1 Å². The van der Waals surface area contributed by atoms with Crippen LogP contribution >= 0.6 is 11.3 Å². The molecule has 0 saturated carbocycles. The fourth-order valence-electron chi connectivity index (χ4n) is 7.48. The number of hydrogen-bond acceptors (Lipinski definition) is 2. The number of thiophene rings is 1. The standard InChI is InChI=1S/C42H26OS/c1-2-10-25(11-3-1)41-30-13-4-6-15-32(30)42(33-16-7-5-14-31(33)41)26-18-19-37-34(20-26)35-21-28-24-40-36(22-27(28)23-38(35)43-37)29-12-8-9-17-39(29)44-40/h1-4,6,8-24H,5,7H2. The van der Waals surface area contributed by atoms with E-state index in [4.69, 9.17) is 4.42 Å². The summed E-state index contributed by atoms with van der Waals surface area (Å²) in [5.74, 6) is 0. The molecular formula is C42H26OS. The van der Waals surface area contributed by atoms with Gasteiger partial charge in [-0.3, -0.25) is 0 Å². The first kappa shape index (κ1) is 24.3. The molecule has 44 heavy (non-hydrogen) atoms. The molecule has 0 aliphatic heterocycles. The maximum atomic E-state index is 6.50. The Morgan fingerprint density at radius 2 is 1.07 bits per heavy atom. The van der Waals surface area contributed by atoms with Crippen LogP contribution in [-0.2, 0) is 0 Å². The maximum Gasteiger partial charge on any atom is 0.136 e. The molecule has 0 radical (unpaired) electrons. The Hall–Kier alpha value is -5.18. The fraction of sp³-hybridized carbons (Fsp3) is 0.0476. The monoisotopic (exact) mass is 578 g/mol. The third-order valence-electron chi connectivity index (χ3n) is 9.43. The predicted octanol–water partition coefficient (Wildman–Crippen LogP) is 10.9. The van der Waals surface area contributed by atoms with Crippen molar-refractivity contribution < 1.29 is 4.42 Å². The summed E-state index contributed by atoms with van der Waals surface area (Å²) >= 11 is 1.87. The third-order valence-corrected chi connectivity index (χ3v) is 10.6. The van der Waals surface area contributed by atoms with Crippen molar-refractivity contribution in [2.45, 2.75) is 12.8 Å². The van der Waals surface area contributed by atoms with Crippen LogP contribution in [0, 0.1) is 0 Å². The van der Waals surface area contributed by atoms with Crippen molar-refractivity contribution in [1.82, 2.24) is 0 Å². The van der Waals surface area contributed by atoms with Gasteiger partial charge in [0.1, 0.15) is 11.2 Å². The van der Waals surface area contributed by atoms with Gasteiger partial charge in [0, 0.05) is 30.9 Å². The SMILES string of the molecule is C1=c2c(-c3ccccc3)c3ccccc3c(-c3ccc4oc5cc6cc7c(cc6cc5c4c3)sc3ccccc37)c2=CCC1. The van der Waals surface area contributed by atoms with Gasteiger partial charge in [0.15, 0.2) is 0 Å². The van der Waals surface area contributed by atoms with Gasteiger partial charge in [0.25, 0.3) is 0 Å². The second kappa shape index (κ2) is 9.16. The Labute approximate surface area is 257 Å². The van der Waals surface area contributed by atoms with E-state index in [2.05, 4.69) is 133 Å². The first-order valence-electron chi connectivity index (χ1n) is 15.3. The normalized spacial score (nSPS) is 13.2. The summed E-state index contributed by atoms with van der Waals surface area (Å²) in [5.41, 5.74) is 7.03. The summed E-state index contributed by atoms with van der Waals surface area (Å²) in [6.45, 7) is 0. The van der Waals surface area contributed by atoms with E-state index < -0.39 is 0 Å². The molecule has 0 N–H and O–H groups in total. The number of rotatable bonds is 2. The predicted molar refractivity (Wildman–Crippen MR) is 190 cm³/mol. The molecule has 0 bridgehead atoms. The van der Waals surface area contributed by atoms with Crippen LogP contribution in [-0.4, -0.2) is 0 Å². The van der Waals surface area contributed by atoms with E-state index in [0.29, 0.717) is 0 Å². The van der Waals surface area contributed by atoms with Crippen molar-refractivity contribution in [2.24, 2.45) is 0 Å². The second-order valence-electron chi connectivity index (χ2n) is 11.9. The van der Waals surface area contributed by atoms with Crippen LogP contribution in [0.1, 0.15) is 12.8 Å². The van der Waals surface area contributed by atoms with E-state index in [9.17, 15) is 0 Å². The first-order chi connectivity index (χ1) is 21.8. The molecule has 9 aromatic rings. The summed E-state index contributed by atoms with van der Waals surface area (Å²) < 4.78 is 9.16. The molecule has 10 rings (SSSR count). The molecule has 0 atom stereocenters. The van der Waals surface area contributed by atoms with Gasteiger partial charge in [0.2, 0.25) is 0 Å². The van der Waals surface area contributed by atoms with Gasteiger partial charge < -0.3 is 4.42 Å². The Morgan fingerprint density at radius 1 is 0.432 bits per heavy atom. The van der Waals surface area contributed by atoms with Crippen LogP contribution in [0.4, 0.5) is 0 Å². The highest BCUT2D eigenvalue weighted by atomic mass is 32.1. The minimum absolute atomic E-state index is 0.931. The Kier molecular flexibility index (Phi) is 5.05. The van der Waals surface area contributed by atoms with E-state index in [0.717, 1.165) is 24.0 Å². The lowest BCUT2D eigenvalue weighted by molar-refractivity contribution is 0.669. The van der Waals surface area contributed by atoms with Gasteiger partial charge in [-0.05, 0) is 110 Å². The average Bonchev–Trinajstić information content (AvgIpc) is 3.62. The summed E-state index contributed by atoms with van der Waals surface area (Å²) in [5, 5.41) is 12.7. The molecular weight excluding hydrogens is 553 g/mol. The average molecular weight is 579 g/mol. The van der Waals surface area contributed by atoms with Crippen LogP contribution < -0.4 is 10.4 Å². The Morgan fingerprint density at radius 3 is 1.86 bits per heavy atom. The lowest BCUT2D eigenvalue weighted by Crippen LogP contribution is -2.31. The summed E-state index contributed by atoms with van der Waals surface area (Å²) in [4.78, 5) is 0. The molecule has 206 valence electrons. The summed E-state index contributed by atoms with van der Waals surface area (Å²) in [6, 6.07) is 44.5. The minimum Gasteiger partial charge on any atom is -0.456 e. The molecule has 2 heterocycles. The van der Waals surface area contributed by atoms with E-state index >= 15 is 0 Å². The molecule has 1 aliphatic carbocycles. The van der Waals surface area contributed by atoms with Gasteiger partial charge in [-0.25, -0.2) is 0 Å². The number of fused-ring (bicyclic) bond motifs is 9. The molecule has 7 aromatic carbocycles. The first-order valence-corrected chi connectivity index (χ1v) is 16.1. The van der Waals surface area contributed by atoms with Crippen LogP contribution in [0.2, 0.25) is 0 Å². The van der Waals surface area contributed by atoms with Crippen molar-refractivity contribution >= 4 is 87.1 Å². The highest BCUT2D eigenvalue weighted by molar-refractivity contribution is 7.25. The van der Waals surface area contributed by atoms with Gasteiger partial charge in [-0.1, -0.05) is 91.0 Å². The zero-order valence-electron chi connectivity index (χ0n) is 23.9. The van der Waals surface area contributed by atoms with Gasteiger partial charge in [0.05, 0.1) is 0 Å². The minimum atomic E-state index is 0.931. The number of furan rings is 1. The summed E-state index contributed by atoms with van der Waals surface area (Å²) in [7, 11) is 0. The second-order valence-corrected chi connectivity index (χ2v) is 13.0. The van der Waals surface area contributed by atoms with E-state index in [-0.39, 0.29) is 0 Å². The van der Waals surface area contributed by atoms with E-state index in [1.165, 1.54) is 85.2 Å². The molecule has 0 amide bonds. The van der Waals surface area contributed by atoms with Gasteiger partial charge >= 0.3 is 0 Å². The molecule has 0 spiro atoms. The van der Waals surface area contributed by atoms with E-state index in [1.807, 2.05) is 11.3 Å². The smallest absolute Gasteiger partial charge is 0.136 e. The van der Waals surface area contributed by atoms with Crippen molar-refractivity contribution in [3.8, 4) is 22.3 Å². The zero-order chi connectivity index (χ0) is 28.8. The highest BCUT2D eigenvalue weighted by Crippen LogP contribution is 2.40. The molecule has 0 fully saturated rings. The Balaban J connectivity index is 1.25. The topological polar surface area (TPSA) is 13.1 Å². The lowest BCUT2D eigenvalue weighted by Gasteiger charge is -2.17. The zero-order valence-corrected chi connectivity index (χ0v) is 24.7. The lowest BCUT2D eigenvalue weighted by atomic mass is 9.86. The van der Waals surface area contributed by atoms with Crippen molar-refractivity contribution in [3.63, 3.8) is 0 Å². The van der Waals surface area contributed by atoms with Crippen LogP contribution in [0.3, 0.4) is 0 Å². The number of benzene rings is 7. The van der Waals surface area contributed by atoms with Gasteiger partial charge in [-0.2, -0.15) is 0 Å². The molecule has 1 nitrogen and oxygen atoms in total. The summed E-state index contributed by atoms with van der Waals surface area (Å²) in [6.07, 6.45) is 7.02. The molecule has 0 saturated heterocycles. The highest BCUT2D eigenvalue weighted by Gasteiger charge is 2.18. The fourth-order valence-corrected chi connectivity index (χ4v) is 8.62. The van der Waals surface area contributed by atoms with Crippen LogP contribution in [0.15, 0.2) is 126 Å². The number of hydrogen-bond donors (Lipinski definition) is 0. The Bertz CT molecular complexity index is 2760. The van der Waals surface area contributed by atoms with Crippen molar-refractivity contribution in [2.75, 3.05) is 0 Å². The largest absolute Gasteiger partial charge is 0.456 e. The van der Waals surface area contributed by atoms with Gasteiger partial charge in [-0.15, -0.1) is 11.3 Å². The molecule has 2 aromatic heterocycles. The van der Waals surface area contributed by atoms with E-state index in [1.54, 1.807) is 0 Å². The molecule has 1 aliphatic rings. The maximum absolute atomic E-state index is 6.50. The van der Waals surface area contributed by atoms with Crippen molar-refractivity contribution in [1.29, 1.82) is 0 Å². The molecule has 0 unspecified atom stereocenters. The quantitative estimate of drug-likeness (QED) is 0.199. The van der Waals surface area contributed by atoms with Crippen molar-refractivity contribution in [3.05, 3.63) is 132 Å². The molecule has 2 heteroatoms. The third kappa shape index (κ3) is 3.46. The van der Waals surface area contributed by atoms with Crippen LogP contribution in [0.5, 0.6) is 0 Å².